The zero-order chi connectivity index (χ0) is 12.2. The minimum absolute atomic E-state index is 0.167. The fourth-order valence-electron chi connectivity index (χ4n) is 1.34. The van der Waals surface area contributed by atoms with Crippen LogP contribution in [0.3, 0.4) is 0 Å². The van der Waals surface area contributed by atoms with E-state index in [-0.39, 0.29) is 17.9 Å². The Hall–Kier alpha value is -1.02. The molecule has 0 saturated carbocycles. The highest BCUT2D eigenvalue weighted by Crippen LogP contribution is 2.24. The van der Waals surface area contributed by atoms with Gasteiger partial charge in [0, 0.05) is 12.5 Å². The van der Waals surface area contributed by atoms with E-state index in [1.54, 1.807) is 0 Å². The predicted molar refractivity (Wildman–Crippen MR) is 66.9 cm³/mol. The second-order valence-electron chi connectivity index (χ2n) is 5.37. The van der Waals surface area contributed by atoms with E-state index < -0.39 is 0 Å². The Bertz CT molecular complexity index is 309. The van der Waals surface area contributed by atoms with Gasteiger partial charge in [0.05, 0.1) is 6.61 Å². The van der Waals surface area contributed by atoms with Gasteiger partial charge in [0.25, 0.3) is 0 Å². The molecule has 16 heavy (non-hydrogen) atoms. The van der Waals surface area contributed by atoms with Crippen molar-refractivity contribution < 1.29 is 9.84 Å². The van der Waals surface area contributed by atoms with Gasteiger partial charge in [-0.3, -0.25) is 0 Å². The second-order valence-corrected chi connectivity index (χ2v) is 5.37. The third-order valence-electron chi connectivity index (χ3n) is 2.57. The standard InChI is InChI=1S/C14H22O2/c1-11(9-15)10-16-13-7-5-12(6-8-13)14(2,3)4/h5-8,11,15H,9-10H2,1-4H3. The van der Waals surface area contributed by atoms with Gasteiger partial charge < -0.3 is 9.84 Å². The number of aliphatic hydroxyl groups is 1. The van der Waals surface area contributed by atoms with Gasteiger partial charge in [-0.05, 0) is 23.1 Å². The van der Waals surface area contributed by atoms with Crippen molar-refractivity contribution >= 4 is 0 Å². The molecule has 1 aromatic rings. The molecular formula is C14H22O2. The minimum Gasteiger partial charge on any atom is -0.493 e. The van der Waals surface area contributed by atoms with Crippen LogP contribution in [0.5, 0.6) is 5.75 Å². The van der Waals surface area contributed by atoms with Gasteiger partial charge in [-0.1, -0.05) is 39.8 Å². The van der Waals surface area contributed by atoms with E-state index >= 15 is 0 Å². The lowest BCUT2D eigenvalue weighted by molar-refractivity contribution is 0.174. The number of rotatable bonds is 4. The highest BCUT2D eigenvalue weighted by Gasteiger charge is 2.13. The Morgan fingerprint density at radius 2 is 1.75 bits per heavy atom. The monoisotopic (exact) mass is 222 g/mol. The third-order valence-corrected chi connectivity index (χ3v) is 2.57. The van der Waals surface area contributed by atoms with Crippen molar-refractivity contribution in [1.82, 2.24) is 0 Å². The summed E-state index contributed by atoms with van der Waals surface area (Å²) in [5.74, 6) is 1.05. The first-order chi connectivity index (χ1) is 7.43. The smallest absolute Gasteiger partial charge is 0.119 e. The van der Waals surface area contributed by atoms with Gasteiger partial charge in [-0.15, -0.1) is 0 Å². The number of ether oxygens (including phenoxy) is 1. The van der Waals surface area contributed by atoms with Crippen LogP contribution in [-0.2, 0) is 5.41 Å². The molecule has 0 heterocycles. The summed E-state index contributed by atoms with van der Waals surface area (Å²) in [7, 11) is 0. The number of hydrogen-bond donors (Lipinski definition) is 1. The molecule has 0 spiro atoms. The molecule has 0 bridgehead atoms. The first-order valence-corrected chi connectivity index (χ1v) is 5.77. The van der Waals surface area contributed by atoms with Crippen molar-refractivity contribution in [2.45, 2.75) is 33.1 Å². The number of benzene rings is 1. The normalized spacial score (nSPS) is 13.6. The maximum atomic E-state index is 8.88. The van der Waals surface area contributed by atoms with Crippen LogP contribution >= 0.6 is 0 Å². The highest BCUT2D eigenvalue weighted by atomic mass is 16.5. The summed E-state index contributed by atoms with van der Waals surface area (Å²) in [6.07, 6.45) is 0. The van der Waals surface area contributed by atoms with E-state index in [4.69, 9.17) is 9.84 Å². The van der Waals surface area contributed by atoms with Crippen LogP contribution in [-0.4, -0.2) is 18.3 Å². The lowest BCUT2D eigenvalue weighted by Gasteiger charge is -2.19. The Labute approximate surface area is 98.3 Å². The van der Waals surface area contributed by atoms with Crippen molar-refractivity contribution in [1.29, 1.82) is 0 Å². The van der Waals surface area contributed by atoms with Crippen molar-refractivity contribution in [3.05, 3.63) is 29.8 Å². The van der Waals surface area contributed by atoms with Gasteiger partial charge in [0.15, 0.2) is 0 Å². The van der Waals surface area contributed by atoms with Gasteiger partial charge in [0.2, 0.25) is 0 Å². The molecule has 0 fully saturated rings. The largest absolute Gasteiger partial charge is 0.493 e. The zero-order valence-electron chi connectivity index (χ0n) is 10.7. The van der Waals surface area contributed by atoms with Crippen molar-refractivity contribution in [3.63, 3.8) is 0 Å². The van der Waals surface area contributed by atoms with E-state index in [1.165, 1.54) is 5.56 Å². The Morgan fingerprint density at radius 3 is 2.19 bits per heavy atom. The van der Waals surface area contributed by atoms with Crippen molar-refractivity contribution in [2.24, 2.45) is 5.92 Å². The fraction of sp³-hybridized carbons (Fsp3) is 0.571. The molecule has 90 valence electrons. The molecule has 0 aliphatic carbocycles. The molecule has 2 nitrogen and oxygen atoms in total. The summed E-state index contributed by atoms with van der Waals surface area (Å²) in [5.41, 5.74) is 1.48. The molecule has 2 heteroatoms. The summed E-state index contributed by atoms with van der Waals surface area (Å²) in [6.45, 7) is 9.26. The van der Waals surface area contributed by atoms with E-state index in [0.717, 1.165) is 5.75 Å². The van der Waals surface area contributed by atoms with Crippen LogP contribution in [0, 0.1) is 5.92 Å². The van der Waals surface area contributed by atoms with Gasteiger partial charge >= 0.3 is 0 Å². The fourth-order valence-corrected chi connectivity index (χ4v) is 1.34. The zero-order valence-corrected chi connectivity index (χ0v) is 10.7. The van der Waals surface area contributed by atoms with E-state index in [9.17, 15) is 0 Å². The van der Waals surface area contributed by atoms with Crippen LogP contribution in [0.2, 0.25) is 0 Å². The quantitative estimate of drug-likeness (QED) is 0.848. The molecule has 1 aromatic carbocycles. The average molecular weight is 222 g/mol. The van der Waals surface area contributed by atoms with E-state index in [1.807, 2.05) is 19.1 Å². The molecule has 1 atom stereocenters. The summed E-state index contributed by atoms with van der Waals surface area (Å²) in [6, 6.07) is 8.17. The topological polar surface area (TPSA) is 29.5 Å². The molecule has 0 aliphatic rings. The summed E-state index contributed by atoms with van der Waals surface area (Å²) >= 11 is 0. The first kappa shape index (κ1) is 13.0. The molecule has 0 saturated heterocycles. The summed E-state index contributed by atoms with van der Waals surface area (Å²) < 4.78 is 5.57. The lowest BCUT2D eigenvalue weighted by Crippen LogP contribution is -2.13. The van der Waals surface area contributed by atoms with E-state index in [2.05, 4.69) is 32.9 Å². The van der Waals surface area contributed by atoms with Gasteiger partial charge in [-0.2, -0.15) is 0 Å². The SMILES string of the molecule is CC(CO)COc1ccc(C(C)(C)C)cc1. The van der Waals surface area contributed by atoms with Crippen LogP contribution < -0.4 is 4.74 Å². The number of hydrogen-bond acceptors (Lipinski definition) is 2. The van der Waals surface area contributed by atoms with Crippen LogP contribution in [0.15, 0.2) is 24.3 Å². The lowest BCUT2D eigenvalue weighted by atomic mass is 9.87. The number of aliphatic hydroxyl groups excluding tert-OH is 1. The second kappa shape index (κ2) is 5.35. The average Bonchev–Trinajstić information content (AvgIpc) is 2.25. The van der Waals surface area contributed by atoms with Gasteiger partial charge in [-0.25, -0.2) is 0 Å². The maximum absolute atomic E-state index is 8.88. The Kier molecular flexibility index (Phi) is 4.36. The summed E-state index contributed by atoms with van der Waals surface area (Å²) in [5, 5.41) is 8.88. The Balaban J connectivity index is 2.58. The third kappa shape index (κ3) is 3.86. The molecule has 0 aliphatic heterocycles. The predicted octanol–water partition coefficient (Wildman–Crippen LogP) is 2.99. The Morgan fingerprint density at radius 1 is 1.19 bits per heavy atom. The molecule has 1 rings (SSSR count). The van der Waals surface area contributed by atoms with Crippen LogP contribution in [0.1, 0.15) is 33.3 Å². The molecule has 0 radical (unpaired) electrons. The van der Waals surface area contributed by atoms with Crippen molar-refractivity contribution in [2.75, 3.05) is 13.2 Å². The summed E-state index contributed by atoms with van der Waals surface area (Å²) in [4.78, 5) is 0. The maximum Gasteiger partial charge on any atom is 0.119 e. The molecule has 1 unspecified atom stereocenters. The van der Waals surface area contributed by atoms with Crippen molar-refractivity contribution in [3.8, 4) is 5.75 Å². The molecule has 1 N–H and O–H groups in total. The van der Waals surface area contributed by atoms with Crippen LogP contribution in [0.4, 0.5) is 0 Å². The minimum atomic E-state index is 0.167. The molecule has 0 aromatic heterocycles. The highest BCUT2D eigenvalue weighted by molar-refractivity contribution is 5.31. The van der Waals surface area contributed by atoms with Crippen LogP contribution in [0.25, 0.3) is 0 Å². The van der Waals surface area contributed by atoms with Gasteiger partial charge in [0.1, 0.15) is 5.75 Å². The van der Waals surface area contributed by atoms with E-state index in [0.29, 0.717) is 6.61 Å². The first-order valence-electron chi connectivity index (χ1n) is 5.77. The molecule has 0 amide bonds. The molecular weight excluding hydrogens is 200 g/mol.